The van der Waals surface area contributed by atoms with Gasteiger partial charge in [0, 0.05) is 23.5 Å². The summed E-state index contributed by atoms with van der Waals surface area (Å²) >= 11 is 0. The van der Waals surface area contributed by atoms with E-state index < -0.39 is 12.6 Å². The predicted molar refractivity (Wildman–Crippen MR) is 68.5 cm³/mol. The van der Waals surface area contributed by atoms with Crippen LogP contribution in [0.1, 0.15) is 18.4 Å². The summed E-state index contributed by atoms with van der Waals surface area (Å²) in [7, 11) is 0. The second-order valence-electron chi connectivity index (χ2n) is 4.30. The van der Waals surface area contributed by atoms with Crippen molar-refractivity contribution in [1.82, 2.24) is 4.57 Å². The van der Waals surface area contributed by atoms with Gasteiger partial charge in [-0.05, 0) is 24.5 Å². The molecule has 0 bridgehead atoms. The van der Waals surface area contributed by atoms with Crippen LogP contribution in [-0.2, 0) is 17.8 Å². The number of hydrogen-bond donors (Lipinski definition) is 1. The van der Waals surface area contributed by atoms with Crippen molar-refractivity contribution in [3.05, 3.63) is 36.0 Å². The van der Waals surface area contributed by atoms with Crippen LogP contribution in [-0.4, -0.2) is 22.3 Å². The summed E-state index contributed by atoms with van der Waals surface area (Å²) in [6, 6.07) is 7.84. The van der Waals surface area contributed by atoms with Crippen LogP contribution in [0.5, 0.6) is 0 Å². The summed E-state index contributed by atoms with van der Waals surface area (Å²) in [6.45, 7) is -0.0489. The van der Waals surface area contributed by atoms with Crippen molar-refractivity contribution in [2.45, 2.75) is 25.8 Å². The first-order chi connectivity index (χ1) is 8.72. The summed E-state index contributed by atoms with van der Waals surface area (Å²) in [5.74, 6) is -0.775. The van der Waals surface area contributed by atoms with Gasteiger partial charge in [0.15, 0.2) is 0 Å². The summed E-state index contributed by atoms with van der Waals surface area (Å²) in [5, 5.41) is 9.73. The van der Waals surface area contributed by atoms with Crippen LogP contribution in [0.2, 0.25) is 0 Å². The van der Waals surface area contributed by atoms with Crippen molar-refractivity contribution in [2.24, 2.45) is 0 Å². The second kappa shape index (κ2) is 5.67. The van der Waals surface area contributed by atoms with Gasteiger partial charge < -0.3 is 9.67 Å². The number of aliphatic carboxylic acids is 1. The van der Waals surface area contributed by atoms with Gasteiger partial charge in [-0.2, -0.15) is 0 Å². The number of hydrogen-bond acceptors (Lipinski definition) is 1. The largest absolute Gasteiger partial charge is 0.481 e. The van der Waals surface area contributed by atoms with Gasteiger partial charge >= 0.3 is 5.97 Å². The number of para-hydroxylation sites is 1. The lowest BCUT2D eigenvalue weighted by Gasteiger charge is -1.99. The Balaban J connectivity index is 2.24. The lowest BCUT2D eigenvalue weighted by Crippen LogP contribution is -1.97. The fraction of sp³-hybridized carbons (Fsp3) is 0.357. The Morgan fingerprint density at radius 2 is 2.11 bits per heavy atom. The molecule has 2 aromatic rings. The number of rotatable bonds is 6. The van der Waals surface area contributed by atoms with E-state index in [1.807, 2.05) is 35.0 Å². The number of aromatic nitrogens is 1. The molecule has 0 amide bonds. The van der Waals surface area contributed by atoms with Gasteiger partial charge in [0.25, 0.3) is 0 Å². The molecule has 96 valence electrons. The Morgan fingerprint density at radius 1 is 1.33 bits per heavy atom. The van der Waals surface area contributed by atoms with Crippen molar-refractivity contribution in [1.29, 1.82) is 0 Å². The molecule has 0 fully saturated rings. The van der Waals surface area contributed by atoms with Gasteiger partial charge in [-0.25, -0.2) is 4.39 Å². The van der Waals surface area contributed by atoms with Crippen LogP contribution < -0.4 is 0 Å². The minimum absolute atomic E-state index is 0.169. The van der Waals surface area contributed by atoms with Gasteiger partial charge in [0.2, 0.25) is 0 Å². The molecule has 1 aromatic heterocycles. The van der Waals surface area contributed by atoms with Crippen LogP contribution in [0.4, 0.5) is 4.39 Å². The van der Waals surface area contributed by atoms with E-state index in [2.05, 4.69) is 0 Å². The molecule has 0 atom stereocenters. The van der Waals surface area contributed by atoms with E-state index in [9.17, 15) is 9.18 Å². The molecule has 1 N–H and O–H groups in total. The fourth-order valence-corrected chi connectivity index (χ4v) is 2.23. The van der Waals surface area contributed by atoms with E-state index in [4.69, 9.17) is 5.11 Å². The minimum atomic E-state index is -0.775. The van der Waals surface area contributed by atoms with E-state index in [1.54, 1.807) is 0 Å². The zero-order chi connectivity index (χ0) is 13.0. The van der Waals surface area contributed by atoms with Crippen molar-refractivity contribution < 1.29 is 14.3 Å². The van der Waals surface area contributed by atoms with Crippen LogP contribution in [0.25, 0.3) is 10.9 Å². The number of fused-ring (bicyclic) bond motifs is 1. The molecule has 2 rings (SSSR count). The molecule has 0 saturated heterocycles. The molecular weight excluding hydrogens is 233 g/mol. The number of carbonyl (C=O) groups is 1. The van der Waals surface area contributed by atoms with Crippen LogP contribution >= 0.6 is 0 Å². The highest BCUT2D eigenvalue weighted by atomic mass is 19.1. The maximum absolute atomic E-state index is 12.5. The van der Waals surface area contributed by atoms with E-state index in [1.165, 1.54) is 0 Å². The average molecular weight is 249 g/mol. The highest BCUT2D eigenvalue weighted by Gasteiger charge is 2.08. The molecule has 0 aliphatic rings. The van der Waals surface area contributed by atoms with Crippen LogP contribution in [0.3, 0.4) is 0 Å². The highest BCUT2D eigenvalue weighted by Crippen LogP contribution is 2.22. The normalized spacial score (nSPS) is 10.9. The quantitative estimate of drug-likeness (QED) is 0.855. The standard InChI is InChI=1S/C14H16FNO2/c15-8-9-16-10-11(4-3-7-14(17)18)12-5-1-2-6-13(12)16/h1-2,5-6,10H,3-4,7-9H2,(H,17,18). The van der Waals surface area contributed by atoms with E-state index >= 15 is 0 Å². The highest BCUT2D eigenvalue weighted by molar-refractivity contribution is 5.84. The van der Waals surface area contributed by atoms with Crippen molar-refractivity contribution in [3.63, 3.8) is 0 Å². The number of benzene rings is 1. The summed E-state index contributed by atoms with van der Waals surface area (Å²) in [5.41, 5.74) is 2.11. The Labute approximate surface area is 105 Å². The number of carboxylic acid groups (broad SMARTS) is 1. The van der Waals surface area contributed by atoms with E-state index in [-0.39, 0.29) is 6.42 Å². The molecular formula is C14H16FNO2. The topological polar surface area (TPSA) is 42.2 Å². The first-order valence-electron chi connectivity index (χ1n) is 6.07. The Bertz CT molecular complexity index is 548. The first-order valence-corrected chi connectivity index (χ1v) is 6.07. The SMILES string of the molecule is O=C(O)CCCc1cn(CCF)c2ccccc12. The van der Waals surface area contributed by atoms with E-state index in [0.29, 0.717) is 19.4 Å². The van der Waals surface area contributed by atoms with Gasteiger partial charge in [-0.1, -0.05) is 18.2 Å². The zero-order valence-electron chi connectivity index (χ0n) is 10.1. The number of aryl methyl sites for hydroxylation is 2. The van der Waals surface area contributed by atoms with Crippen LogP contribution in [0.15, 0.2) is 30.5 Å². The predicted octanol–water partition coefficient (Wildman–Crippen LogP) is 3.02. The Morgan fingerprint density at radius 3 is 2.83 bits per heavy atom. The van der Waals surface area contributed by atoms with Gasteiger partial charge in [-0.3, -0.25) is 4.79 Å². The number of alkyl halides is 1. The number of halogens is 1. The molecule has 0 aliphatic heterocycles. The minimum Gasteiger partial charge on any atom is -0.481 e. The maximum atomic E-state index is 12.5. The second-order valence-corrected chi connectivity index (χ2v) is 4.30. The molecule has 0 aliphatic carbocycles. The summed E-state index contributed by atoms with van der Waals surface area (Å²) in [6.07, 6.45) is 3.43. The number of carboxylic acids is 1. The maximum Gasteiger partial charge on any atom is 0.303 e. The third kappa shape index (κ3) is 2.70. The molecule has 0 spiro atoms. The monoisotopic (exact) mass is 249 g/mol. The summed E-state index contributed by atoms with van der Waals surface area (Å²) < 4.78 is 14.4. The molecule has 1 heterocycles. The van der Waals surface area contributed by atoms with Crippen molar-refractivity contribution >= 4 is 16.9 Å². The molecule has 0 unspecified atom stereocenters. The smallest absolute Gasteiger partial charge is 0.303 e. The van der Waals surface area contributed by atoms with E-state index in [0.717, 1.165) is 16.5 Å². The van der Waals surface area contributed by atoms with Gasteiger partial charge in [-0.15, -0.1) is 0 Å². The van der Waals surface area contributed by atoms with Gasteiger partial charge in [0.05, 0.1) is 6.54 Å². The van der Waals surface area contributed by atoms with Crippen LogP contribution in [0, 0.1) is 0 Å². The Kier molecular flexibility index (Phi) is 3.97. The molecule has 18 heavy (non-hydrogen) atoms. The molecule has 4 heteroatoms. The zero-order valence-corrected chi connectivity index (χ0v) is 10.1. The first kappa shape index (κ1) is 12.6. The lowest BCUT2D eigenvalue weighted by atomic mass is 10.1. The Hall–Kier alpha value is -1.84. The number of nitrogens with zero attached hydrogens (tertiary/aromatic N) is 1. The van der Waals surface area contributed by atoms with Crippen molar-refractivity contribution in [3.8, 4) is 0 Å². The third-order valence-corrected chi connectivity index (χ3v) is 3.03. The summed E-state index contributed by atoms with van der Waals surface area (Å²) in [4.78, 5) is 10.5. The molecule has 0 radical (unpaired) electrons. The fourth-order valence-electron chi connectivity index (χ4n) is 2.23. The molecule has 0 saturated carbocycles. The molecule has 1 aromatic carbocycles. The van der Waals surface area contributed by atoms with Gasteiger partial charge in [0.1, 0.15) is 6.67 Å². The van der Waals surface area contributed by atoms with Crippen molar-refractivity contribution in [2.75, 3.05) is 6.67 Å². The lowest BCUT2D eigenvalue weighted by molar-refractivity contribution is -0.137. The average Bonchev–Trinajstić information content (AvgIpc) is 2.69. The molecule has 3 nitrogen and oxygen atoms in total. The third-order valence-electron chi connectivity index (χ3n) is 3.03.